The van der Waals surface area contributed by atoms with E-state index in [2.05, 4.69) is 93.7 Å². The second kappa shape index (κ2) is 68.3. The first-order valence-electron chi connectivity index (χ1n) is 34.9. The summed E-state index contributed by atoms with van der Waals surface area (Å²) in [6.45, 7) is 6.56. The Morgan fingerprint density at radius 3 is 0.762 bits per heavy atom. The van der Waals surface area contributed by atoms with Crippen LogP contribution in [0, 0.1) is 0 Å². The molecule has 0 aliphatic rings. The summed E-state index contributed by atoms with van der Waals surface area (Å²) < 4.78 is 17.0. The van der Waals surface area contributed by atoms with Gasteiger partial charge >= 0.3 is 17.9 Å². The van der Waals surface area contributed by atoms with Gasteiger partial charge < -0.3 is 14.2 Å². The lowest BCUT2D eigenvalue weighted by Gasteiger charge is -2.18. The van der Waals surface area contributed by atoms with E-state index in [0.29, 0.717) is 19.3 Å². The molecule has 0 aliphatic heterocycles. The highest BCUT2D eigenvalue weighted by molar-refractivity contribution is 5.71. The summed E-state index contributed by atoms with van der Waals surface area (Å²) in [6, 6.07) is 0. The minimum Gasteiger partial charge on any atom is -0.462 e. The van der Waals surface area contributed by atoms with E-state index in [-0.39, 0.29) is 31.1 Å². The molecule has 1 atom stereocenters. The number of rotatable bonds is 64. The van der Waals surface area contributed by atoms with Crippen LogP contribution in [0.25, 0.3) is 0 Å². The molecule has 1 unspecified atom stereocenters. The van der Waals surface area contributed by atoms with Gasteiger partial charge in [0.1, 0.15) is 13.2 Å². The van der Waals surface area contributed by atoms with E-state index in [9.17, 15) is 14.4 Å². The number of carbonyl (C=O) groups is 3. The van der Waals surface area contributed by atoms with Crippen LogP contribution in [0.15, 0.2) is 72.9 Å². The first-order chi connectivity index (χ1) is 39.5. The summed E-state index contributed by atoms with van der Waals surface area (Å²) in [5, 5.41) is 0. The first-order valence-corrected chi connectivity index (χ1v) is 34.9. The fourth-order valence-electron chi connectivity index (χ4n) is 10.3. The molecule has 0 bridgehead atoms. The first kappa shape index (κ1) is 76.9. The van der Waals surface area contributed by atoms with Gasteiger partial charge in [-0.2, -0.15) is 0 Å². The van der Waals surface area contributed by atoms with Gasteiger partial charge in [-0.15, -0.1) is 0 Å². The Hall–Kier alpha value is -3.15. The molecule has 0 aliphatic carbocycles. The fourth-order valence-corrected chi connectivity index (χ4v) is 10.3. The number of hydrogen-bond acceptors (Lipinski definition) is 6. The van der Waals surface area contributed by atoms with Crippen molar-refractivity contribution in [3.05, 3.63) is 72.9 Å². The van der Waals surface area contributed by atoms with Crippen LogP contribution < -0.4 is 0 Å². The Bertz CT molecular complexity index is 1470. The molecule has 0 aromatic heterocycles. The maximum atomic E-state index is 13.0. The average Bonchev–Trinajstić information content (AvgIpc) is 3.46. The van der Waals surface area contributed by atoms with Gasteiger partial charge in [-0.1, -0.05) is 344 Å². The quantitative estimate of drug-likeness (QED) is 0.0261. The van der Waals surface area contributed by atoms with Crippen LogP contribution in [0.1, 0.15) is 361 Å². The summed E-state index contributed by atoms with van der Waals surface area (Å²) in [5.41, 5.74) is 0. The average molecular weight is 1120 g/mol. The molecule has 0 N–H and O–H groups in total. The number of unbranched alkanes of at least 4 members (excludes halogenated alkanes) is 41. The molecule has 6 heteroatoms. The topological polar surface area (TPSA) is 78.9 Å². The van der Waals surface area contributed by atoms with Gasteiger partial charge in [0.05, 0.1) is 0 Å². The van der Waals surface area contributed by atoms with Crippen molar-refractivity contribution < 1.29 is 28.6 Å². The van der Waals surface area contributed by atoms with Crippen LogP contribution in [-0.2, 0) is 28.6 Å². The van der Waals surface area contributed by atoms with Gasteiger partial charge in [0.2, 0.25) is 0 Å². The molecule has 0 aromatic rings. The number of allylic oxidation sites excluding steroid dienone is 12. The van der Waals surface area contributed by atoms with Crippen molar-refractivity contribution >= 4 is 17.9 Å². The molecule has 0 rings (SSSR count). The van der Waals surface area contributed by atoms with Crippen molar-refractivity contribution in [1.82, 2.24) is 0 Å². The molecule has 80 heavy (non-hydrogen) atoms. The third kappa shape index (κ3) is 65.7. The fraction of sp³-hybridized carbons (Fsp3) is 0.797. The molecular weight excluding hydrogens is 985 g/mol. The Morgan fingerprint density at radius 1 is 0.263 bits per heavy atom. The van der Waals surface area contributed by atoms with Crippen LogP contribution in [0.4, 0.5) is 0 Å². The van der Waals surface area contributed by atoms with E-state index in [4.69, 9.17) is 14.2 Å². The minimum atomic E-state index is -0.793. The lowest BCUT2D eigenvalue weighted by molar-refractivity contribution is -0.167. The zero-order chi connectivity index (χ0) is 57.8. The molecule has 6 nitrogen and oxygen atoms in total. The van der Waals surface area contributed by atoms with Crippen LogP contribution in [0.3, 0.4) is 0 Å². The zero-order valence-electron chi connectivity index (χ0n) is 53.3. The number of carbonyl (C=O) groups excluding carboxylic acids is 3. The SMILES string of the molecule is CC/C=C\C/C=C\C/C=C\C/C=C\C/C=C\C/C=C\CCCCC(=O)OCC(COC(=O)CCCCCCCCCCCCCCCCCCCCCC)OC(=O)CCCCCCCCCCCCCCCCCCCCCCC. The van der Waals surface area contributed by atoms with E-state index in [1.54, 1.807) is 0 Å². The van der Waals surface area contributed by atoms with Crippen LogP contribution >= 0.6 is 0 Å². The van der Waals surface area contributed by atoms with Crippen molar-refractivity contribution in [2.75, 3.05) is 13.2 Å². The predicted molar refractivity (Wildman–Crippen MR) is 348 cm³/mol. The summed E-state index contributed by atoms with van der Waals surface area (Å²) >= 11 is 0. The number of hydrogen-bond donors (Lipinski definition) is 0. The van der Waals surface area contributed by atoms with Gasteiger partial charge in [0, 0.05) is 19.3 Å². The monoisotopic (exact) mass is 1120 g/mol. The standard InChI is InChI=1S/C74H132O6/c1-4-7-10-13-16-19-22-25-28-31-34-37-40-43-46-49-52-55-58-61-64-67-73(76)79-70-71(69-78-72(75)66-63-60-57-54-51-48-45-42-39-36-33-30-27-24-21-18-15-12-9-6-3)80-74(77)68-65-62-59-56-53-50-47-44-41-38-35-32-29-26-23-20-17-14-11-8-5-2/h7,10,16,19,25,28,34,37,43,46,52,55,71H,4-6,8-9,11-15,17-18,20-24,26-27,29-33,35-36,38-42,44-45,47-51,53-54,56-70H2,1-3H3/b10-7-,19-16-,28-25-,37-34-,46-43-,55-52-. The molecule has 0 saturated heterocycles. The summed E-state index contributed by atoms with van der Waals surface area (Å²) in [7, 11) is 0. The molecule has 0 heterocycles. The second-order valence-corrected chi connectivity index (χ2v) is 23.4. The minimum absolute atomic E-state index is 0.0843. The predicted octanol–water partition coefficient (Wildman–Crippen LogP) is 24.1. The van der Waals surface area contributed by atoms with E-state index in [1.807, 2.05) is 0 Å². The van der Waals surface area contributed by atoms with E-state index in [0.717, 1.165) is 96.3 Å². The van der Waals surface area contributed by atoms with Crippen molar-refractivity contribution in [3.8, 4) is 0 Å². The Labute approximate surface area is 497 Å². The molecule has 464 valence electrons. The highest BCUT2D eigenvalue weighted by Gasteiger charge is 2.19. The Morgan fingerprint density at radius 2 is 0.487 bits per heavy atom. The van der Waals surface area contributed by atoms with Crippen molar-refractivity contribution in [2.45, 2.75) is 367 Å². The molecule has 0 fully saturated rings. The molecule has 0 saturated carbocycles. The molecule has 0 amide bonds. The van der Waals surface area contributed by atoms with E-state index < -0.39 is 6.10 Å². The normalized spacial score (nSPS) is 12.5. The van der Waals surface area contributed by atoms with Crippen molar-refractivity contribution in [2.24, 2.45) is 0 Å². The maximum Gasteiger partial charge on any atom is 0.306 e. The Balaban J connectivity index is 4.40. The summed E-state index contributed by atoms with van der Waals surface area (Å²) in [6.07, 6.45) is 89.2. The van der Waals surface area contributed by atoms with Crippen LogP contribution in [0.2, 0.25) is 0 Å². The highest BCUT2D eigenvalue weighted by Crippen LogP contribution is 2.18. The largest absolute Gasteiger partial charge is 0.462 e. The highest BCUT2D eigenvalue weighted by atomic mass is 16.6. The number of esters is 3. The van der Waals surface area contributed by atoms with Crippen LogP contribution in [-0.4, -0.2) is 37.2 Å². The third-order valence-electron chi connectivity index (χ3n) is 15.5. The smallest absolute Gasteiger partial charge is 0.306 e. The van der Waals surface area contributed by atoms with Gasteiger partial charge in [-0.3, -0.25) is 14.4 Å². The van der Waals surface area contributed by atoms with Crippen molar-refractivity contribution in [3.63, 3.8) is 0 Å². The lowest BCUT2D eigenvalue weighted by atomic mass is 10.0. The number of ether oxygens (including phenoxy) is 3. The summed E-state index contributed by atoms with van der Waals surface area (Å²) in [4.78, 5) is 38.5. The maximum absolute atomic E-state index is 13.0. The van der Waals surface area contributed by atoms with Crippen LogP contribution in [0.5, 0.6) is 0 Å². The molecule has 0 spiro atoms. The van der Waals surface area contributed by atoms with E-state index in [1.165, 1.54) is 225 Å². The summed E-state index contributed by atoms with van der Waals surface area (Å²) in [5.74, 6) is -0.905. The van der Waals surface area contributed by atoms with Gasteiger partial charge in [0.15, 0.2) is 6.10 Å². The van der Waals surface area contributed by atoms with Crippen molar-refractivity contribution in [1.29, 1.82) is 0 Å². The third-order valence-corrected chi connectivity index (χ3v) is 15.5. The van der Waals surface area contributed by atoms with Gasteiger partial charge in [-0.05, 0) is 70.6 Å². The zero-order valence-corrected chi connectivity index (χ0v) is 53.3. The molecule has 0 radical (unpaired) electrons. The van der Waals surface area contributed by atoms with Gasteiger partial charge in [0.25, 0.3) is 0 Å². The lowest BCUT2D eigenvalue weighted by Crippen LogP contribution is -2.30. The van der Waals surface area contributed by atoms with Gasteiger partial charge in [-0.25, -0.2) is 0 Å². The molecular formula is C74H132O6. The Kier molecular flexibility index (Phi) is 65.7. The van der Waals surface area contributed by atoms with E-state index >= 15 is 0 Å². The second-order valence-electron chi connectivity index (χ2n) is 23.4. The molecule has 0 aromatic carbocycles.